The van der Waals surface area contributed by atoms with E-state index in [4.69, 9.17) is 16.3 Å². The van der Waals surface area contributed by atoms with Crippen LogP contribution in [0.4, 0.5) is 0 Å². The number of likely N-dealkylation sites (tertiary alicyclic amines) is 1. The summed E-state index contributed by atoms with van der Waals surface area (Å²) in [6, 6.07) is 6.59. The van der Waals surface area contributed by atoms with Gasteiger partial charge in [0.05, 0.1) is 28.1 Å². The number of ether oxygens (including phenoxy) is 1. The summed E-state index contributed by atoms with van der Waals surface area (Å²) >= 11 is 6.41. The van der Waals surface area contributed by atoms with Gasteiger partial charge in [0.25, 0.3) is 0 Å². The van der Waals surface area contributed by atoms with Gasteiger partial charge in [0.1, 0.15) is 12.6 Å². The first kappa shape index (κ1) is 19.6. The minimum Gasteiger partial charge on any atom is -0.458 e. The van der Waals surface area contributed by atoms with Gasteiger partial charge in [-0.1, -0.05) is 42.0 Å². The van der Waals surface area contributed by atoms with E-state index < -0.39 is 12.0 Å². The zero-order valence-corrected chi connectivity index (χ0v) is 17.0. The highest BCUT2D eigenvalue weighted by Crippen LogP contribution is 2.36. The Morgan fingerprint density at radius 2 is 1.83 bits per heavy atom. The summed E-state index contributed by atoms with van der Waals surface area (Å²) < 4.78 is 5.39. The van der Waals surface area contributed by atoms with Gasteiger partial charge in [-0.05, 0) is 38.3 Å². The number of pyridine rings is 1. The van der Waals surface area contributed by atoms with Crippen molar-refractivity contribution >= 4 is 40.3 Å². The first-order chi connectivity index (χ1) is 13.9. The Morgan fingerprint density at radius 1 is 1.21 bits per heavy atom. The number of aromatic nitrogens is 1. The summed E-state index contributed by atoms with van der Waals surface area (Å²) in [5.74, 6) is -2.00. The number of nitrogens with zero attached hydrogens (tertiary/aromatic N) is 2. The van der Waals surface area contributed by atoms with Crippen LogP contribution in [0, 0.1) is 18.8 Å². The minimum atomic E-state index is -0.985. The maximum Gasteiger partial charge on any atom is 0.329 e. The molecule has 4 rings (SSSR count). The highest BCUT2D eigenvalue weighted by Gasteiger charge is 2.50. The van der Waals surface area contributed by atoms with Crippen molar-refractivity contribution in [1.82, 2.24) is 9.88 Å². The van der Waals surface area contributed by atoms with Gasteiger partial charge in [-0.25, -0.2) is 9.78 Å². The molecule has 1 fully saturated rings. The van der Waals surface area contributed by atoms with E-state index in [1.807, 2.05) is 43.3 Å². The van der Waals surface area contributed by atoms with E-state index in [-0.39, 0.29) is 30.3 Å². The van der Waals surface area contributed by atoms with Crippen molar-refractivity contribution in [3.05, 3.63) is 52.7 Å². The second kappa shape index (κ2) is 7.59. The fraction of sp³-hybridized carbons (Fsp3) is 0.364. The number of carbonyl (C=O) groups is 3. The second-order valence-corrected chi connectivity index (χ2v) is 7.88. The molecule has 1 aliphatic heterocycles. The number of hydrogen-bond acceptors (Lipinski definition) is 5. The van der Waals surface area contributed by atoms with E-state index in [0.29, 0.717) is 23.6 Å². The zero-order valence-electron chi connectivity index (χ0n) is 16.2. The van der Waals surface area contributed by atoms with Gasteiger partial charge in [0, 0.05) is 5.39 Å². The smallest absolute Gasteiger partial charge is 0.329 e. The van der Waals surface area contributed by atoms with Gasteiger partial charge < -0.3 is 4.74 Å². The third-order valence-corrected chi connectivity index (χ3v) is 6.27. The SMILES string of the molecule is Cc1c(Cl)c(COC(=O)[C@H](C)N2C(=O)[C@H]3CC=CC[C@@H]3C2=O)nc2ccccc12. The molecule has 150 valence electrons. The first-order valence-corrected chi connectivity index (χ1v) is 10.00. The van der Waals surface area contributed by atoms with Crippen molar-refractivity contribution in [2.45, 2.75) is 39.3 Å². The highest BCUT2D eigenvalue weighted by molar-refractivity contribution is 6.32. The maximum atomic E-state index is 12.6. The number of rotatable bonds is 4. The number of esters is 1. The van der Waals surface area contributed by atoms with Crippen molar-refractivity contribution in [1.29, 1.82) is 0 Å². The van der Waals surface area contributed by atoms with E-state index in [1.165, 1.54) is 6.92 Å². The molecule has 0 radical (unpaired) electrons. The monoisotopic (exact) mass is 412 g/mol. The Hall–Kier alpha value is -2.73. The van der Waals surface area contributed by atoms with Crippen LogP contribution >= 0.6 is 11.6 Å². The van der Waals surface area contributed by atoms with Gasteiger partial charge in [0.2, 0.25) is 11.8 Å². The Balaban J connectivity index is 1.49. The number of aryl methyl sites for hydroxylation is 1. The molecule has 1 aromatic heterocycles. The lowest BCUT2D eigenvalue weighted by molar-refractivity contribution is -0.159. The van der Waals surface area contributed by atoms with Gasteiger partial charge in [-0.2, -0.15) is 0 Å². The van der Waals surface area contributed by atoms with Crippen LogP contribution in [0.25, 0.3) is 10.9 Å². The Bertz CT molecular complexity index is 1020. The molecular weight excluding hydrogens is 392 g/mol. The second-order valence-electron chi connectivity index (χ2n) is 7.50. The Labute approximate surface area is 173 Å². The number of halogens is 1. The summed E-state index contributed by atoms with van der Waals surface area (Å²) in [5.41, 5.74) is 2.06. The van der Waals surface area contributed by atoms with Gasteiger partial charge in [-0.15, -0.1) is 0 Å². The van der Waals surface area contributed by atoms with E-state index in [0.717, 1.165) is 21.4 Å². The Kier molecular flexibility index (Phi) is 5.13. The average Bonchev–Trinajstić information content (AvgIpc) is 2.99. The molecule has 0 spiro atoms. The largest absolute Gasteiger partial charge is 0.458 e. The van der Waals surface area contributed by atoms with Crippen molar-refractivity contribution in [3.8, 4) is 0 Å². The van der Waals surface area contributed by atoms with E-state index in [1.54, 1.807) is 0 Å². The molecular formula is C22H21ClN2O4. The molecule has 7 heteroatoms. The molecule has 3 atom stereocenters. The molecule has 1 aliphatic carbocycles. The highest BCUT2D eigenvalue weighted by atomic mass is 35.5. The molecule has 2 amide bonds. The predicted molar refractivity (Wildman–Crippen MR) is 108 cm³/mol. The number of para-hydroxylation sites is 1. The number of amides is 2. The summed E-state index contributed by atoms with van der Waals surface area (Å²) in [5, 5.41) is 1.37. The number of fused-ring (bicyclic) bond motifs is 2. The molecule has 1 saturated heterocycles. The third kappa shape index (κ3) is 3.31. The normalized spacial score (nSPS) is 22.1. The quantitative estimate of drug-likeness (QED) is 0.436. The van der Waals surface area contributed by atoms with Crippen LogP contribution in [-0.2, 0) is 25.7 Å². The van der Waals surface area contributed by atoms with Gasteiger partial charge in [-0.3, -0.25) is 14.5 Å². The van der Waals surface area contributed by atoms with Crippen LogP contribution in [0.5, 0.6) is 0 Å². The fourth-order valence-corrected chi connectivity index (χ4v) is 4.28. The van der Waals surface area contributed by atoms with E-state index in [2.05, 4.69) is 4.98 Å². The molecule has 0 bridgehead atoms. The van der Waals surface area contributed by atoms with E-state index in [9.17, 15) is 14.4 Å². The fourth-order valence-electron chi connectivity index (χ4n) is 4.09. The van der Waals surface area contributed by atoms with Crippen LogP contribution < -0.4 is 0 Å². The Morgan fingerprint density at radius 3 is 2.48 bits per heavy atom. The standard InChI is InChI=1S/C22H21ClN2O4/c1-12-14-7-5-6-10-17(14)24-18(19(12)23)11-29-22(28)13(2)25-20(26)15-8-3-4-9-16(15)21(25)27/h3-7,10,13,15-16H,8-9,11H2,1-2H3/t13-,15-,16-/m0/s1. The molecule has 0 N–H and O–H groups in total. The molecule has 6 nitrogen and oxygen atoms in total. The average molecular weight is 413 g/mol. The summed E-state index contributed by atoms with van der Waals surface area (Å²) in [6.07, 6.45) is 4.88. The summed E-state index contributed by atoms with van der Waals surface area (Å²) in [6.45, 7) is 3.28. The lowest BCUT2D eigenvalue weighted by Gasteiger charge is -2.21. The van der Waals surface area contributed by atoms with Crippen LogP contribution in [0.2, 0.25) is 5.02 Å². The van der Waals surface area contributed by atoms with Crippen molar-refractivity contribution in [2.24, 2.45) is 11.8 Å². The molecule has 0 unspecified atom stereocenters. The van der Waals surface area contributed by atoms with Crippen LogP contribution in [0.15, 0.2) is 36.4 Å². The van der Waals surface area contributed by atoms with Crippen LogP contribution in [0.1, 0.15) is 31.0 Å². The lowest BCUT2D eigenvalue weighted by Crippen LogP contribution is -2.44. The summed E-state index contributed by atoms with van der Waals surface area (Å²) in [4.78, 5) is 43.4. The van der Waals surface area contributed by atoms with Gasteiger partial charge >= 0.3 is 5.97 Å². The lowest BCUT2D eigenvalue weighted by atomic mass is 9.85. The third-order valence-electron chi connectivity index (χ3n) is 5.77. The maximum absolute atomic E-state index is 12.6. The van der Waals surface area contributed by atoms with Gasteiger partial charge in [0.15, 0.2) is 0 Å². The molecule has 0 saturated carbocycles. The molecule has 29 heavy (non-hydrogen) atoms. The van der Waals surface area contributed by atoms with Crippen LogP contribution in [0.3, 0.4) is 0 Å². The van der Waals surface area contributed by atoms with Crippen molar-refractivity contribution in [3.63, 3.8) is 0 Å². The first-order valence-electron chi connectivity index (χ1n) is 9.62. The number of benzene rings is 1. The minimum absolute atomic E-state index is 0.127. The van der Waals surface area contributed by atoms with E-state index >= 15 is 0 Å². The predicted octanol–water partition coefficient (Wildman–Crippen LogP) is 3.58. The van der Waals surface area contributed by atoms with Crippen LogP contribution in [-0.4, -0.2) is 33.7 Å². The molecule has 2 aliphatic rings. The number of hydrogen-bond donors (Lipinski definition) is 0. The topological polar surface area (TPSA) is 76.6 Å². The molecule has 2 aromatic rings. The molecule has 2 heterocycles. The van der Waals surface area contributed by atoms with Crippen molar-refractivity contribution in [2.75, 3.05) is 0 Å². The zero-order chi connectivity index (χ0) is 20.7. The van der Waals surface area contributed by atoms with Crippen molar-refractivity contribution < 1.29 is 19.1 Å². The number of allylic oxidation sites excluding steroid dienone is 2. The number of imide groups is 1. The molecule has 1 aromatic carbocycles. The summed E-state index contributed by atoms with van der Waals surface area (Å²) in [7, 11) is 0. The number of carbonyl (C=O) groups excluding carboxylic acids is 3.